The predicted molar refractivity (Wildman–Crippen MR) is 133 cm³/mol. The molecule has 1 aliphatic rings. The van der Waals surface area contributed by atoms with Crippen LogP contribution in [0.4, 0.5) is 36.7 Å². The lowest BCUT2D eigenvalue weighted by Crippen LogP contribution is -2.28. The fourth-order valence-corrected chi connectivity index (χ4v) is 4.00. The van der Waals surface area contributed by atoms with E-state index in [0.29, 0.717) is 23.3 Å². The quantitative estimate of drug-likeness (QED) is 0.327. The van der Waals surface area contributed by atoms with Gasteiger partial charge in [0.25, 0.3) is 5.91 Å². The lowest BCUT2D eigenvalue weighted by atomic mass is 10.0. The number of hydrogen-bond donors (Lipinski definition) is 0. The first kappa shape index (κ1) is 28.6. The van der Waals surface area contributed by atoms with Crippen molar-refractivity contribution in [3.63, 3.8) is 0 Å². The molecule has 6 nitrogen and oxygen atoms in total. The number of amides is 1. The number of anilines is 1. The van der Waals surface area contributed by atoms with Crippen molar-refractivity contribution in [2.75, 3.05) is 19.0 Å². The van der Waals surface area contributed by atoms with E-state index in [1.165, 1.54) is 31.4 Å². The predicted octanol–water partition coefficient (Wildman–Crippen LogP) is 6.60. The lowest BCUT2D eigenvalue weighted by molar-refractivity contribution is -0.143. The summed E-state index contributed by atoms with van der Waals surface area (Å²) in [7, 11) is 3.04. The maximum absolute atomic E-state index is 13.8. The van der Waals surface area contributed by atoms with Gasteiger partial charge in [0, 0.05) is 57.2 Å². The average Bonchev–Trinajstić information content (AvgIpc) is 2.87. The van der Waals surface area contributed by atoms with Crippen molar-refractivity contribution in [3.8, 4) is 11.3 Å². The standard InChI is InChI=1S/C27H22F7N5O/c1-16-10-20(28)4-5-21(16)23-22(14-35-25(36-23)39-8-6-37(2)7-9-39)24(40)38(3)15-17-11-18(26(29,30)31)13-19(12-17)27(32,33)34/h4-14H,15H2,1-3H3. The molecule has 40 heavy (non-hydrogen) atoms. The van der Waals surface area contributed by atoms with Gasteiger partial charge in [-0.25, -0.2) is 14.4 Å². The summed E-state index contributed by atoms with van der Waals surface area (Å²) in [4.78, 5) is 26.6. The zero-order valence-electron chi connectivity index (χ0n) is 21.3. The number of alkyl halides is 6. The first-order valence-electron chi connectivity index (χ1n) is 11.7. The molecule has 2 heterocycles. The molecule has 0 atom stereocenters. The van der Waals surface area contributed by atoms with Gasteiger partial charge in [0.1, 0.15) is 5.82 Å². The molecule has 0 unspecified atom stereocenters. The molecule has 0 aliphatic carbocycles. The topological polar surface area (TPSA) is 52.6 Å². The first-order chi connectivity index (χ1) is 18.6. The molecule has 3 aromatic rings. The SMILES string of the molecule is Cc1cc(F)ccc1-c1nc(N2C=CN(C)C=C2)ncc1C(=O)N(C)Cc1cc(C(F)(F)F)cc(C(F)(F)F)c1. The van der Waals surface area contributed by atoms with Gasteiger partial charge >= 0.3 is 12.4 Å². The van der Waals surface area contributed by atoms with Crippen LogP contribution >= 0.6 is 0 Å². The van der Waals surface area contributed by atoms with E-state index >= 15 is 0 Å². The summed E-state index contributed by atoms with van der Waals surface area (Å²) in [5, 5.41) is 0. The first-order valence-corrected chi connectivity index (χ1v) is 11.7. The van der Waals surface area contributed by atoms with Crippen molar-refractivity contribution in [2.24, 2.45) is 0 Å². The van der Waals surface area contributed by atoms with E-state index in [0.717, 1.165) is 4.90 Å². The number of aromatic nitrogens is 2. The Morgan fingerprint density at radius 1 is 0.925 bits per heavy atom. The second-order valence-electron chi connectivity index (χ2n) is 9.14. The second kappa shape index (κ2) is 10.6. The third-order valence-electron chi connectivity index (χ3n) is 6.02. The van der Waals surface area contributed by atoms with E-state index in [9.17, 15) is 35.5 Å². The van der Waals surface area contributed by atoms with Gasteiger partial charge in [-0.2, -0.15) is 26.3 Å². The number of carbonyl (C=O) groups is 1. The number of hydrogen-bond acceptors (Lipinski definition) is 5. The molecule has 0 saturated heterocycles. The highest BCUT2D eigenvalue weighted by atomic mass is 19.4. The monoisotopic (exact) mass is 565 g/mol. The van der Waals surface area contributed by atoms with Gasteiger partial charge in [-0.15, -0.1) is 0 Å². The van der Waals surface area contributed by atoms with E-state index in [2.05, 4.69) is 9.97 Å². The highest BCUT2D eigenvalue weighted by Crippen LogP contribution is 2.37. The highest BCUT2D eigenvalue weighted by molar-refractivity contribution is 6.00. The molecular formula is C27H22F7N5O. The van der Waals surface area contributed by atoms with Gasteiger partial charge in [0.15, 0.2) is 0 Å². The van der Waals surface area contributed by atoms with E-state index in [-0.39, 0.29) is 28.8 Å². The number of rotatable bonds is 5. The number of carbonyl (C=O) groups excluding carboxylic acids is 1. The Kier molecular flexibility index (Phi) is 7.59. The number of benzene rings is 2. The van der Waals surface area contributed by atoms with Crippen molar-refractivity contribution in [1.82, 2.24) is 19.8 Å². The summed E-state index contributed by atoms with van der Waals surface area (Å²) in [6.45, 7) is 1.04. The molecule has 1 amide bonds. The summed E-state index contributed by atoms with van der Waals surface area (Å²) < 4.78 is 93.7. The van der Waals surface area contributed by atoms with Crippen molar-refractivity contribution in [1.29, 1.82) is 0 Å². The fourth-order valence-electron chi connectivity index (χ4n) is 4.00. The zero-order chi connectivity index (χ0) is 29.4. The molecule has 0 saturated carbocycles. The zero-order valence-corrected chi connectivity index (χ0v) is 21.3. The van der Waals surface area contributed by atoms with Gasteiger partial charge < -0.3 is 9.80 Å². The van der Waals surface area contributed by atoms with Crippen LogP contribution in [0.1, 0.15) is 32.6 Å². The molecule has 0 bridgehead atoms. The largest absolute Gasteiger partial charge is 0.416 e. The average molecular weight is 565 g/mol. The van der Waals surface area contributed by atoms with Gasteiger partial charge in [-0.1, -0.05) is 0 Å². The molecular weight excluding hydrogens is 543 g/mol. The molecule has 0 N–H and O–H groups in total. The van der Waals surface area contributed by atoms with Crippen LogP contribution in [-0.2, 0) is 18.9 Å². The Morgan fingerprint density at radius 3 is 2.08 bits per heavy atom. The summed E-state index contributed by atoms with van der Waals surface area (Å²) in [5.74, 6) is -1.11. The summed E-state index contributed by atoms with van der Waals surface area (Å²) in [6.07, 6.45) is -2.06. The van der Waals surface area contributed by atoms with Crippen molar-refractivity contribution in [2.45, 2.75) is 25.8 Å². The van der Waals surface area contributed by atoms with Gasteiger partial charge in [0.05, 0.1) is 22.4 Å². The van der Waals surface area contributed by atoms with Gasteiger partial charge in [-0.05, 0) is 54.4 Å². The maximum atomic E-state index is 13.8. The van der Waals surface area contributed by atoms with E-state index in [1.807, 2.05) is 0 Å². The molecule has 4 rings (SSSR count). The van der Waals surface area contributed by atoms with Crippen LogP contribution in [0.3, 0.4) is 0 Å². The molecule has 1 aromatic heterocycles. The molecule has 0 spiro atoms. The van der Waals surface area contributed by atoms with E-state index < -0.39 is 41.7 Å². The van der Waals surface area contributed by atoms with E-state index in [1.54, 1.807) is 48.6 Å². The Hall–Kier alpha value is -4.42. The third-order valence-corrected chi connectivity index (χ3v) is 6.02. The fraction of sp³-hybridized carbons (Fsp3) is 0.222. The summed E-state index contributed by atoms with van der Waals surface area (Å²) >= 11 is 0. The highest BCUT2D eigenvalue weighted by Gasteiger charge is 2.37. The molecule has 2 aromatic carbocycles. The normalized spacial score (nSPS) is 13.7. The Bertz CT molecular complexity index is 1450. The van der Waals surface area contributed by atoms with Crippen LogP contribution in [0.25, 0.3) is 11.3 Å². The van der Waals surface area contributed by atoms with Crippen molar-refractivity contribution in [3.05, 3.63) is 101 Å². The molecule has 0 fully saturated rings. The minimum absolute atomic E-state index is 0.0224. The van der Waals surface area contributed by atoms with Crippen LogP contribution in [-0.4, -0.2) is 39.8 Å². The molecule has 0 radical (unpaired) electrons. The summed E-state index contributed by atoms with van der Waals surface area (Å²) in [6, 6.07) is 5.00. The number of nitrogens with zero attached hydrogens (tertiary/aromatic N) is 5. The van der Waals surface area contributed by atoms with E-state index in [4.69, 9.17) is 0 Å². The molecule has 210 valence electrons. The van der Waals surface area contributed by atoms with Crippen LogP contribution in [0.5, 0.6) is 0 Å². The molecule has 1 aliphatic heterocycles. The van der Waals surface area contributed by atoms with Crippen molar-refractivity contribution >= 4 is 11.9 Å². The lowest BCUT2D eigenvalue weighted by Gasteiger charge is -2.23. The summed E-state index contributed by atoms with van der Waals surface area (Å²) in [5.41, 5.74) is -2.47. The van der Waals surface area contributed by atoms with Gasteiger partial charge in [0.2, 0.25) is 5.95 Å². The van der Waals surface area contributed by atoms with Crippen LogP contribution in [0, 0.1) is 12.7 Å². The third kappa shape index (κ3) is 6.24. The number of halogens is 7. The van der Waals surface area contributed by atoms with Crippen LogP contribution < -0.4 is 4.90 Å². The second-order valence-corrected chi connectivity index (χ2v) is 9.14. The maximum Gasteiger partial charge on any atom is 0.416 e. The number of aryl methyl sites for hydroxylation is 1. The van der Waals surface area contributed by atoms with Crippen LogP contribution in [0.15, 0.2) is 67.4 Å². The Balaban J connectivity index is 1.74. The Morgan fingerprint density at radius 2 is 1.52 bits per heavy atom. The van der Waals surface area contributed by atoms with Gasteiger partial charge in [-0.3, -0.25) is 9.69 Å². The minimum atomic E-state index is -5.03. The Labute approximate surface area is 224 Å². The van der Waals surface area contributed by atoms with Crippen molar-refractivity contribution < 1.29 is 35.5 Å². The minimum Gasteiger partial charge on any atom is -0.354 e. The molecule has 13 heteroatoms. The smallest absolute Gasteiger partial charge is 0.354 e. The van der Waals surface area contributed by atoms with Crippen LogP contribution in [0.2, 0.25) is 0 Å².